The molecular weight excluding hydrogens is 412 g/mol. The Morgan fingerprint density at radius 1 is 0.667 bits per heavy atom. The van der Waals surface area contributed by atoms with E-state index in [2.05, 4.69) is 38.1 Å². The van der Waals surface area contributed by atoms with Crippen LogP contribution in [0.2, 0.25) is 0 Å². The van der Waals surface area contributed by atoms with Gasteiger partial charge in [0.05, 0.1) is 38.4 Å². The first-order chi connectivity index (χ1) is 16.0. The first-order valence-corrected chi connectivity index (χ1v) is 11.1. The molecule has 4 rings (SSSR count). The Labute approximate surface area is 195 Å². The summed E-state index contributed by atoms with van der Waals surface area (Å²) in [5.41, 5.74) is 6.42. The second-order valence-corrected chi connectivity index (χ2v) is 8.34. The van der Waals surface area contributed by atoms with Crippen LogP contribution in [0, 0.1) is 5.92 Å². The van der Waals surface area contributed by atoms with E-state index in [0.717, 1.165) is 51.9 Å². The number of nitrogens with zero attached hydrogens (tertiary/aromatic N) is 2. The molecule has 0 unspecified atom stereocenters. The molecule has 0 spiro atoms. The standard InChI is InChI=1S/C28H30N2O3/c1-19(2)18-26-27(20-6-12-23(31-3)13-7-20)29-30(22-10-16-25(33-5)17-11-22)28(26)21-8-14-24(32-4)15-9-21/h6-17,19H,18H2,1-5H3. The van der Waals surface area contributed by atoms with E-state index in [4.69, 9.17) is 19.3 Å². The molecule has 0 saturated heterocycles. The summed E-state index contributed by atoms with van der Waals surface area (Å²) in [4.78, 5) is 0. The zero-order valence-electron chi connectivity index (χ0n) is 19.8. The molecule has 0 N–H and O–H groups in total. The van der Waals surface area contributed by atoms with E-state index in [1.54, 1.807) is 21.3 Å². The third-order valence-electron chi connectivity index (χ3n) is 5.64. The molecule has 0 aliphatic carbocycles. The predicted molar refractivity (Wildman–Crippen MR) is 133 cm³/mol. The fourth-order valence-electron chi connectivity index (χ4n) is 3.99. The minimum Gasteiger partial charge on any atom is -0.497 e. The molecule has 33 heavy (non-hydrogen) atoms. The van der Waals surface area contributed by atoms with Gasteiger partial charge in [-0.3, -0.25) is 0 Å². The molecule has 0 atom stereocenters. The second kappa shape index (κ2) is 9.82. The minimum atomic E-state index is 0.465. The van der Waals surface area contributed by atoms with Crippen LogP contribution in [-0.4, -0.2) is 31.1 Å². The van der Waals surface area contributed by atoms with Gasteiger partial charge >= 0.3 is 0 Å². The molecular formula is C28H30N2O3. The van der Waals surface area contributed by atoms with Crippen LogP contribution in [0.25, 0.3) is 28.2 Å². The molecule has 0 bridgehead atoms. The van der Waals surface area contributed by atoms with E-state index in [1.165, 1.54) is 5.56 Å². The SMILES string of the molecule is COc1ccc(-c2nn(-c3ccc(OC)cc3)c(-c3ccc(OC)cc3)c2CC(C)C)cc1. The van der Waals surface area contributed by atoms with Gasteiger partial charge in [0.2, 0.25) is 0 Å². The lowest BCUT2D eigenvalue weighted by Crippen LogP contribution is -2.02. The first-order valence-electron chi connectivity index (χ1n) is 11.1. The fraction of sp³-hybridized carbons (Fsp3) is 0.250. The summed E-state index contributed by atoms with van der Waals surface area (Å²) in [7, 11) is 5.04. The number of methoxy groups -OCH3 is 3. The van der Waals surface area contributed by atoms with Crippen molar-refractivity contribution in [3.05, 3.63) is 78.4 Å². The van der Waals surface area contributed by atoms with Crippen LogP contribution in [0.15, 0.2) is 72.8 Å². The van der Waals surface area contributed by atoms with Crippen molar-refractivity contribution in [2.45, 2.75) is 20.3 Å². The molecule has 0 aliphatic heterocycles. The lowest BCUT2D eigenvalue weighted by molar-refractivity contribution is 0.414. The first kappa shape index (κ1) is 22.5. The molecule has 0 aliphatic rings. The van der Waals surface area contributed by atoms with Gasteiger partial charge in [0.1, 0.15) is 17.2 Å². The van der Waals surface area contributed by atoms with Crippen LogP contribution >= 0.6 is 0 Å². The second-order valence-electron chi connectivity index (χ2n) is 8.34. The highest BCUT2D eigenvalue weighted by atomic mass is 16.5. The lowest BCUT2D eigenvalue weighted by atomic mass is 9.94. The Bertz CT molecular complexity index is 1190. The molecule has 170 valence electrons. The molecule has 0 fully saturated rings. The van der Waals surface area contributed by atoms with Gasteiger partial charge in [-0.1, -0.05) is 13.8 Å². The number of aromatic nitrogens is 2. The summed E-state index contributed by atoms with van der Waals surface area (Å²) < 4.78 is 18.2. The molecule has 5 heteroatoms. The monoisotopic (exact) mass is 442 g/mol. The van der Waals surface area contributed by atoms with E-state index in [1.807, 2.05) is 53.2 Å². The number of ether oxygens (including phenoxy) is 3. The molecule has 5 nitrogen and oxygen atoms in total. The highest BCUT2D eigenvalue weighted by molar-refractivity contribution is 5.76. The average Bonchev–Trinajstić information content (AvgIpc) is 3.22. The zero-order valence-corrected chi connectivity index (χ0v) is 19.8. The van der Waals surface area contributed by atoms with Gasteiger partial charge in [-0.2, -0.15) is 5.10 Å². The third-order valence-corrected chi connectivity index (χ3v) is 5.64. The Hall–Kier alpha value is -3.73. The number of rotatable bonds is 8. The van der Waals surface area contributed by atoms with Crippen LogP contribution in [0.5, 0.6) is 17.2 Å². The quantitative estimate of drug-likeness (QED) is 0.315. The van der Waals surface area contributed by atoms with Gasteiger partial charge in [0.25, 0.3) is 0 Å². The van der Waals surface area contributed by atoms with Crippen LogP contribution < -0.4 is 14.2 Å². The maximum absolute atomic E-state index is 5.39. The average molecular weight is 443 g/mol. The Morgan fingerprint density at radius 2 is 1.12 bits per heavy atom. The Balaban J connectivity index is 1.96. The van der Waals surface area contributed by atoms with Crippen LogP contribution in [0.1, 0.15) is 19.4 Å². The van der Waals surface area contributed by atoms with E-state index in [-0.39, 0.29) is 0 Å². The summed E-state index contributed by atoms with van der Waals surface area (Å²) in [6, 6.07) is 24.3. The molecule has 0 saturated carbocycles. The normalized spacial score (nSPS) is 11.0. The van der Waals surface area contributed by atoms with Gasteiger partial charge in [0, 0.05) is 16.7 Å². The van der Waals surface area contributed by atoms with E-state index in [0.29, 0.717) is 5.92 Å². The molecule has 1 heterocycles. The lowest BCUT2D eigenvalue weighted by Gasteiger charge is -2.13. The summed E-state index contributed by atoms with van der Waals surface area (Å²) in [6.07, 6.45) is 0.902. The largest absolute Gasteiger partial charge is 0.497 e. The van der Waals surface area contributed by atoms with Crippen LogP contribution in [-0.2, 0) is 6.42 Å². The van der Waals surface area contributed by atoms with E-state index >= 15 is 0 Å². The molecule has 0 amide bonds. The summed E-state index contributed by atoms with van der Waals surface area (Å²) in [5, 5.41) is 5.14. The minimum absolute atomic E-state index is 0.465. The maximum Gasteiger partial charge on any atom is 0.119 e. The van der Waals surface area contributed by atoms with Crippen molar-refractivity contribution in [3.63, 3.8) is 0 Å². The van der Waals surface area contributed by atoms with Gasteiger partial charge in [-0.15, -0.1) is 0 Å². The highest BCUT2D eigenvalue weighted by Crippen LogP contribution is 2.37. The van der Waals surface area contributed by atoms with Gasteiger partial charge < -0.3 is 14.2 Å². The Morgan fingerprint density at radius 3 is 1.58 bits per heavy atom. The summed E-state index contributed by atoms with van der Waals surface area (Å²) >= 11 is 0. The summed E-state index contributed by atoms with van der Waals surface area (Å²) in [6.45, 7) is 4.47. The highest BCUT2D eigenvalue weighted by Gasteiger charge is 2.22. The number of hydrogen-bond acceptors (Lipinski definition) is 4. The molecule has 3 aromatic carbocycles. The van der Waals surface area contributed by atoms with Gasteiger partial charge in [-0.05, 0) is 85.1 Å². The van der Waals surface area contributed by atoms with E-state index < -0.39 is 0 Å². The van der Waals surface area contributed by atoms with Crippen LogP contribution in [0.3, 0.4) is 0 Å². The summed E-state index contributed by atoms with van der Waals surface area (Å²) in [5.74, 6) is 2.94. The van der Waals surface area contributed by atoms with E-state index in [9.17, 15) is 0 Å². The van der Waals surface area contributed by atoms with Crippen molar-refractivity contribution >= 4 is 0 Å². The predicted octanol–water partition coefficient (Wildman–Crippen LogP) is 6.43. The molecule has 1 aromatic heterocycles. The Kier molecular flexibility index (Phi) is 6.68. The zero-order chi connectivity index (χ0) is 23.4. The number of hydrogen-bond donors (Lipinski definition) is 0. The molecule has 0 radical (unpaired) electrons. The topological polar surface area (TPSA) is 45.5 Å². The maximum atomic E-state index is 5.39. The van der Waals surface area contributed by atoms with Crippen LogP contribution in [0.4, 0.5) is 0 Å². The van der Waals surface area contributed by atoms with Crippen molar-refractivity contribution in [2.75, 3.05) is 21.3 Å². The van der Waals surface area contributed by atoms with Crippen molar-refractivity contribution in [3.8, 4) is 45.5 Å². The van der Waals surface area contributed by atoms with Crippen molar-refractivity contribution in [1.29, 1.82) is 0 Å². The van der Waals surface area contributed by atoms with Crippen molar-refractivity contribution in [2.24, 2.45) is 5.92 Å². The fourth-order valence-corrected chi connectivity index (χ4v) is 3.99. The van der Waals surface area contributed by atoms with Crippen molar-refractivity contribution in [1.82, 2.24) is 9.78 Å². The smallest absolute Gasteiger partial charge is 0.119 e. The molecule has 4 aromatic rings. The van der Waals surface area contributed by atoms with Gasteiger partial charge in [-0.25, -0.2) is 4.68 Å². The van der Waals surface area contributed by atoms with Gasteiger partial charge in [0.15, 0.2) is 0 Å². The third kappa shape index (κ3) is 4.72. The number of benzene rings is 3. The van der Waals surface area contributed by atoms with Crippen molar-refractivity contribution < 1.29 is 14.2 Å².